The molecule has 1 aromatic heterocycles. The third-order valence-corrected chi connectivity index (χ3v) is 2.71. The Kier molecular flexibility index (Phi) is 3.12. The Labute approximate surface area is 99.8 Å². The molecule has 82 valence electrons. The summed E-state index contributed by atoms with van der Waals surface area (Å²) in [7, 11) is 0. The zero-order valence-electron chi connectivity index (χ0n) is 8.11. The van der Waals surface area contributed by atoms with E-state index in [9.17, 15) is 4.39 Å². The van der Waals surface area contributed by atoms with Crippen LogP contribution in [0.5, 0.6) is 0 Å². The summed E-state index contributed by atoms with van der Waals surface area (Å²) >= 11 is 3.33. The molecule has 0 unspecified atom stereocenters. The predicted octanol–water partition coefficient (Wildman–Crippen LogP) is 2.33. The third-order valence-electron chi connectivity index (χ3n) is 2.02. The first-order valence-corrected chi connectivity index (χ1v) is 5.24. The van der Waals surface area contributed by atoms with E-state index in [1.54, 1.807) is 6.07 Å². The lowest BCUT2D eigenvalue weighted by molar-refractivity contribution is 0.628. The number of nitrogens with two attached hydrogens (primary N) is 1. The zero-order valence-corrected chi connectivity index (χ0v) is 9.70. The van der Waals surface area contributed by atoms with Crippen molar-refractivity contribution < 1.29 is 4.39 Å². The topological polar surface area (TPSA) is 63.8 Å². The SMILES string of the molecule is NNc1nccnc1-c1cc(F)ccc1Br. The number of nitrogens with one attached hydrogen (secondary N) is 1. The lowest BCUT2D eigenvalue weighted by Gasteiger charge is -2.08. The summed E-state index contributed by atoms with van der Waals surface area (Å²) in [5, 5.41) is 0. The molecule has 0 bridgehead atoms. The van der Waals surface area contributed by atoms with Gasteiger partial charge in [0.1, 0.15) is 11.5 Å². The van der Waals surface area contributed by atoms with Crippen LogP contribution in [-0.4, -0.2) is 9.97 Å². The first-order valence-electron chi connectivity index (χ1n) is 4.45. The van der Waals surface area contributed by atoms with Crippen molar-refractivity contribution in [2.45, 2.75) is 0 Å². The van der Waals surface area contributed by atoms with Crippen molar-refractivity contribution in [3.63, 3.8) is 0 Å². The van der Waals surface area contributed by atoms with Crippen LogP contribution < -0.4 is 11.3 Å². The molecule has 0 amide bonds. The summed E-state index contributed by atoms with van der Waals surface area (Å²) in [6.45, 7) is 0. The Morgan fingerprint density at radius 1 is 1.25 bits per heavy atom. The van der Waals surface area contributed by atoms with Crippen LogP contribution in [0, 0.1) is 5.82 Å². The van der Waals surface area contributed by atoms with Gasteiger partial charge in [0.2, 0.25) is 0 Å². The van der Waals surface area contributed by atoms with E-state index < -0.39 is 0 Å². The van der Waals surface area contributed by atoms with E-state index >= 15 is 0 Å². The van der Waals surface area contributed by atoms with Crippen molar-refractivity contribution in [3.05, 3.63) is 40.9 Å². The van der Waals surface area contributed by atoms with Gasteiger partial charge in [-0.3, -0.25) is 4.98 Å². The van der Waals surface area contributed by atoms with Gasteiger partial charge in [-0.2, -0.15) is 0 Å². The van der Waals surface area contributed by atoms with Gasteiger partial charge in [-0.15, -0.1) is 0 Å². The standard InChI is InChI=1S/C10H8BrFN4/c11-8-2-1-6(12)5-7(8)9-10(16-13)15-4-3-14-9/h1-5H,13H2,(H,15,16). The largest absolute Gasteiger partial charge is 0.307 e. The first-order chi connectivity index (χ1) is 7.72. The fourth-order valence-electron chi connectivity index (χ4n) is 1.32. The minimum atomic E-state index is -0.341. The lowest BCUT2D eigenvalue weighted by atomic mass is 10.1. The smallest absolute Gasteiger partial charge is 0.166 e. The molecule has 0 atom stereocenters. The molecule has 6 heteroatoms. The molecule has 0 saturated carbocycles. The van der Waals surface area contributed by atoms with E-state index in [1.807, 2.05) is 0 Å². The number of rotatable bonds is 2. The average Bonchev–Trinajstić information content (AvgIpc) is 2.32. The Hall–Kier alpha value is -1.53. The van der Waals surface area contributed by atoms with Crippen LogP contribution in [0.25, 0.3) is 11.3 Å². The van der Waals surface area contributed by atoms with Crippen LogP contribution >= 0.6 is 15.9 Å². The molecular weight excluding hydrogens is 275 g/mol. The Balaban J connectivity index is 2.62. The summed E-state index contributed by atoms with van der Waals surface area (Å²) in [5.74, 6) is 5.37. The highest BCUT2D eigenvalue weighted by molar-refractivity contribution is 9.10. The van der Waals surface area contributed by atoms with Gasteiger partial charge in [0.05, 0.1) is 0 Å². The van der Waals surface area contributed by atoms with Crippen molar-refractivity contribution in [1.82, 2.24) is 9.97 Å². The maximum absolute atomic E-state index is 13.1. The quantitative estimate of drug-likeness (QED) is 0.656. The number of halogens is 2. The lowest BCUT2D eigenvalue weighted by Crippen LogP contribution is -2.10. The maximum atomic E-state index is 13.1. The number of hydrogen-bond donors (Lipinski definition) is 2. The zero-order chi connectivity index (χ0) is 11.5. The molecule has 2 aromatic rings. The van der Waals surface area contributed by atoms with Crippen LogP contribution in [0.15, 0.2) is 35.1 Å². The maximum Gasteiger partial charge on any atom is 0.166 e. The van der Waals surface area contributed by atoms with Gasteiger partial charge in [-0.25, -0.2) is 15.2 Å². The molecule has 2 rings (SSSR count). The molecule has 1 aromatic carbocycles. The fourth-order valence-corrected chi connectivity index (χ4v) is 1.75. The van der Waals surface area contributed by atoms with Gasteiger partial charge < -0.3 is 5.43 Å². The second kappa shape index (κ2) is 4.54. The van der Waals surface area contributed by atoms with Gasteiger partial charge in [0.15, 0.2) is 5.82 Å². The van der Waals surface area contributed by atoms with Crippen LogP contribution in [0.1, 0.15) is 0 Å². The van der Waals surface area contributed by atoms with Crippen LogP contribution in [0.4, 0.5) is 10.2 Å². The van der Waals surface area contributed by atoms with E-state index in [-0.39, 0.29) is 5.82 Å². The Bertz CT molecular complexity index is 518. The van der Waals surface area contributed by atoms with E-state index in [4.69, 9.17) is 5.84 Å². The summed E-state index contributed by atoms with van der Waals surface area (Å²) in [4.78, 5) is 8.12. The highest BCUT2D eigenvalue weighted by atomic mass is 79.9. The fraction of sp³-hybridized carbons (Fsp3) is 0. The van der Waals surface area contributed by atoms with Crippen LogP contribution in [-0.2, 0) is 0 Å². The molecular formula is C10H8BrFN4. The summed E-state index contributed by atoms with van der Waals surface area (Å²) < 4.78 is 13.9. The van der Waals surface area contributed by atoms with E-state index in [0.29, 0.717) is 17.1 Å². The van der Waals surface area contributed by atoms with E-state index in [2.05, 4.69) is 31.3 Å². The molecule has 0 aliphatic rings. The normalized spacial score (nSPS) is 10.2. The summed E-state index contributed by atoms with van der Waals surface area (Å²) in [6.07, 6.45) is 3.03. The highest BCUT2D eigenvalue weighted by Gasteiger charge is 2.11. The van der Waals surface area contributed by atoms with Crippen molar-refractivity contribution in [2.75, 3.05) is 5.43 Å². The molecule has 0 fully saturated rings. The van der Waals surface area contributed by atoms with E-state index in [0.717, 1.165) is 4.47 Å². The minimum Gasteiger partial charge on any atom is -0.307 e. The van der Waals surface area contributed by atoms with Gasteiger partial charge >= 0.3 is 0 Å². The van der Waals surface area contributed by atoms with Crippen molar-refractivity contribution in [3.8, 4) is 11.3 Å². The first kappa shape index (κ1) is 11.0. The molecule has 0 radical (unpaired) electrons. The summed E-state index contributed by atoms with van der Waals surface area (Å²) in [5.41, 5.74) is 3.52. The van der Waals surface area contributed by atoms with Crippen molar-refractivity contribution in [1.29, 1.82) is 0 Å². The molecule has 16 heavy (non-hydrogen) atoms. The molecule has 3 N–H and O–H groups in total. The molecule has 0 aliphatic heterocycles. The second-order valence-corrected chi connectivity index (χ2v) is 3.88. The molecule has 0 spiro atoms. The monoisotopic (exact) mass is 282 g/mol. The summed E-state index contributed by atoms with van der Waals surface area (Å²) in [6, 6.07) is 4.34. The van der Waals surface area contributed by atoms with Crippen molar-refractivity contribution in [2.24, 2.45) is 5.84 Å². The molecule has 1 heterocycles. The van der Waals surface area contributed by atoms with Gasteiger partial charge in [0, 0.05) is 22.4 Å². The number of nitrogen functional groups attached to an aromatic ring is 1. The number of hydrogen-bond acceptors (Lipinski definition) is 4. The highest BCUT2D eigenvalue weighted by Crippen LogP contribution is 2.30. The number of benzene rings is 1. The Morgan fingerprint density at radius 2 is 2.00 bits per heavy atom. The van der Waals surface area contributed by atoms with Crippen molar-refractivity contribution >= 4 is 21.7 Å². The van der Waals surface area contributed by atoms with Gasteiger partial charge in [-0.1, -0.05) is 15.9 Å². The molecule has 0 aliphatic carbocycles. The van der Waals surface area contributed by atoms with Crippen LogP contribution in [0.2, 0.25) is 0 Å². The number of aromatic nitrogens is 2. The van der Waals surface area contributed by atoms with Gasteiger partial charge in [-0.05, 0) is 18.2 Å². The predicted molar refractivity (Wildman–Crippen MR) is 62.9 cm³/mol. The second-order valence-electron chi connectivity index (χ2n) is 3.02. The Morgan fingerprint density at radius 3 is 2.75 bits per heavy atom. The molecule has 0 saturated heterocycles. The average molecular weight is 283 g/mol. The third kappa shape index (κ3) is 2.02. The minimum absolute atomic E-state index is 0.341. The van der Waals surface area contributed by atoms with Crippen LogP contribution in [0.3, 0.4) is 0 Å². The number of hydrazine groups is 1. The van der Waals surface area contributed by atoms with Gasteiger partial charge in [0.25, 0.3) is 0 Å². The van der Waals surface area contributed by atoms with E-state index in [1.165, 1.54) is 24.5 Å². The molecule has 4 nitrogen and oxygen atoms in total. The number of nitrogens with zero attached hydrogens (tertiary/aromatic N) is 2. The number of anilines is 1.